The van der Waals surface area contributed by atoms with Crippen molar-refractivity contribution in [1.29, 1.82) is 0 Å². The first-order valence-electron chi connectivity index (χ1n) is 9.59. The molecule has 1 aliphatic carbocycles. The lowest BCUT2D eigenvalue weighted by Crippen LogP contribution is -2.42. The standard InChI is InChI=1S/C22H23N3O3/c1-14-6-5-11-25-13-19(24-20(14)25)15-7-4-8-16(12-15)23-21(26)17-9-2-3-10-18(17)22(27)28/h4-8,11-13,17-18H,2-3,9-10H2,1H3,(H,23,26)(H,27,28)/p-1/t17-,18+/m1/s1. The van der Waals surface area contributed by atoms with E-state index in [4.69, 9.17) is 4.98 Å². The Morgan fingerprint density at radius 1 is 1.14 bits per heavy atom. The third-order valence-corrected chi connectivity index (χ3v) is 5.51. The van der Waals surface area contributed by atoms with Crippen LogP contribution < -0.4 is 10.4 Å². The molecule has 1 saturated carbocycles. The molecule has 1 aliphatic rings. The zero-order valence-corrected chi connectivity index (χ0v) is 15.7. The van der Waals surface area contributed by atoms with Crippen LogP contribution in [0, 0.1) is 18.8 Å². The zero-order chi connectivity index (χ0) is 19.7. The summed E-state index contributed by atoms with van der Waals surface area (Å²) in [6.07, 6.45) is 6.68. The summed E-state index contributed by atoms with van der Waals surface area (Å²) in [4.78, 5) is 28.8. The Bertz CT molecular complexity index is 1040. The van der Waals surface area contributed by atoms with E-state index in [0.717, 1.165) is 35.3 Å². The molecule has 2 aromatic heterocycles. The van der Waals surface area contributed by atoms with E-state index < -0.39 is 17.8 Å². The smallest absolute Gasteiger partial charge is 0.228 e. The highest BCUT2D eigenvalue weighted by Gasteiger charge is 2.31. The van der Waals surface area contributed by atoms with E-state index in [-0.39, 0.29) is 5.91 Å². The van der Waals surface area contributed by atoms with Crippen molar-refractivity contribution in [2.24, 2.45) is 11.8 Å². The van der Waals surface area contributed by atoms with Crippen LogP contribution in [0.5, 0.6) is 0 Å². The summed E-state index contributed by atoms with van der Waals surface area (Å²) in [6, 6.07) is 11.5. The molecule has 0 unspecified atom stereocenters. The maximum absolute atomic E-state index is 12.7. The van der Waals surface area contributed by atoms with Crippen LogP contribution in [-0.2, 0) is 9.59 Å². The fourth-order valence-electron chi connectivity index (χ4n) is 4.01. The molecule has 0 spiro atoms. The first kappa shape index (κ1) is 18.2. The number of imidazole rings is 1. The van der Waals surface area contributed by atoms with Crippen LogP contribution in [0.15, 0.2) is 48.8 Å². The van der Waals surface area contributed by atoms with Gasteiger partial charge in [0.25, 0.3) is 0 Å². The van der Waals surface area contributed by atoms with Gasteiger partial charge in [0.2, 0.25) is 5.91 Å². The minimum Gasteiger partial charge on any atom is -0.550 e. The van der Waals surface area contributed by atoms with E-state index in [2.05, 4.69) is 5.32 Å². The number of pyridine rings is 1. The number of nitrogens with one attached hydrogen (secondary N) is 1. The van der Waals surface area contributed by atoms with Crippen molar-refractivity contribution in [3.63, 3.8) is 0 Å². The molecule has 0 radical (unpaired) electrons. The van der Waals surface area contributed by atoms with Crippen molar-refractivity contribution in [2.45, 2.75) is 32.6 Å². The van der Waals surface area contributed by atoms with Gasteiger partial charge in [-0.15, -0.1) is 0 Å². The van der Waals surface area contributed by atoms with Crippen molar-refractivity contribution >= 4 is 23.2 Å². The van der Waals surface area contributed by atoms with Gasteiger partial charge in [-0.1, -0.05) is 31.0 Å². The van der Waals surface area contributed by atoms with Crippen LogP contribution in [0.25, 0.3) is 16.9 Å². The molecule has 1 fully saturated rings. The Hall–Kier alpha value is -3.15. The zero-order valence-electron chi connectivity index (χ0n) is 15.7. The molecule has 1 N–H and O–H groups in total. The minimum atomic E-state index is -1.13. The Morgan fingerprint density at radius 2 is 1.93 bits per heavy atom. The summed E-state index contributed by atoms with van der Waals surface area (Å²) in [5.74, 6) is -2.64. The van der Waals surface area contributed by atoms with Gasteiger partial charge in [0.15, 0.2) is 0 Å². The third-order valence-electron chi connectivity index (χ3n) is 5.51. The molecule has 1 amide bonds. The average Bonchev–Trinajstić information content (AvgIpc) is 3.14. The van der Waals surface area contributed by atoms with Gasteiger partial charge in [-0.2, -0.15) is 0 Å². The summed E-state index contributed by atoms with van der Waals surface area (Å²) in [6.45, 7) is 2.01. The number of rotatable bonds is 4. The maximum atomic E-state index is 12.7. The second kappa shape index (κ2) is 7.46. The highest BCUT2D eigenvalue weighted by molar-refractivity contribution is 5.95. The molecular formula is C22H22N3O3-. The molecule has 2 atom stereocenters. The molecule has 2 heterocycles. The highest BCUT2D eigenvalue weighted by Crippen LogP contribution is 2.31. The summed E-state index contributed by atoms with van der Waals surface area (Å²) in [7, 11) is 0. The molecule has 3 aromatic rings. The number of hydrogen-bond acceptors (Lipinski definition) is 4. The fraction of sp³-hybridized carbons (Fsp3) is 0.318. The van der Waals surface area contributed by atoms with Crippen molar-refractivity contribution in [1.82, 2.24) is 9.38 Å². The van der Waals surface area contributed by atoms with Crippen molar-refractivity contribution in [3.05, 3.63) is 54.4 Å². The molecule has 6 heteroatoms. The molecule has 4 rings (SSSR count). The summed E-state index contributed by atoms with van der Waals surface area (Å²) in [5, 5.41) is 14.3. The topological polar surface area (TPSA) is 86.5 Å². The first-order chi connectivity index (χ1) is 13.5. The number of nitrogens with zero attached hydrogens (tertiary/aromatic N) is 2. The number of hydrogen-bond donors (Lipinski definition) is 1. The average molecular weight is 376 g/mol. The molecule has 28 heavy (non-hydrogen) atoms. The summed E-state index contributed by atoms with van der Waals surface area (Å²) in [5.41, 5.74) is 4.32. The number of benzene rings is 1. The lowest BCUT2D eigenvalue weighted by atomic mass is 9.78. The SMILES string of the molecule is Cc1cccn2cc(-c3cccc(NC(=O)[C@@H]4CCCC[C@@H]4C(=O)[O-])c3)nc12. The molecule has 0 saturated heterocycles. The van der Waals surface area contributed by atoms with Crippen LogP contribution in [0.3, 0.4) is 0 Å². The number of aliphatic carboxylic acids is 1. The van der Waals surface area contributed by atoms with E-state index in [0.29, 0.717) is 18.5 Å². The number of aromatic nitrogens is 2. The Labute approximate surface area is 163 Å². The van der Waals surface area contributed by atoms with Gasteiger partial charge < -0.3 is 19.6 Å². The number of anilines is 1. The van der Waals surface area contributed by atoms with E-state index in [1.807, 2.05) is 54.0 Å². The number of aryl methyl sites for hydroxylation is 1. The monoisotopic (exact) mass is 376 g/mol. The molecule has 1 aromatic carbocycles. The number of carbonyl (C=O) groups excluding carboxylic acids is 2. The second-order valence-electron chi connectivity index (χ2n) is 7.43. The largest absolute Gasteiger partial charge is 0.550 e. The highest BCUT2D eigenvalue weighted by atomic mass is 16.4. The molecule has 6 nitrogen and oxygen atoms in total. The van der Waals surface area contributed by atoms with Crippen LogP contribution in [0.1, 0.15) is 31.2 Å². The number of carboxylic acids is 1. The van der Waals surface area contributed by atoms with E-state index in [1.165, 1.54) is 0 Å². The van der Waals surface area contributed by atoms with Gasteiger partial charge in [0, 0.05) is 41.4 Å². The molecule has 0 bridgehead atoms. The molecule has 144 valence electrons. The lowest BCUT2D eigenvalue weighted by Gasteiger charge is -2.31. The van der Waals surface area contributed by atoms with E-state index >= 15 is 0 Å². The fourth-order valence-corrected chi connectivity index (χ4v) is 4.01. The van der Waals surface area contributed by atoms with Gasteiger partial charge in [-0.05, 0) is 43.5 Å². The van der Waals surface area contributed by atoms with Crippen LogP contribution in [0.4, 0.5) is 5.69 Å². The quantitative estimate of drug-likeness (QED) is 0.759. The van der Waals surface area contributed by atoms with E-state index in [1.54, 1.807) is 6.07 Å². The van der Waals surface area contributed by atoms with E-state index in [9.17, 15) is 14.7 Å². The van der Waals surface area contributed by atoms with Gasteiger partial charge in [0.05, 0.1) is 5.69 Å². The van der Waals surface area contributed by atoms with Crippen LogP contribution in [0.2, 0.25) is 0 Å². The molecule has 0 aliphatic heterocycles. The van der Waals surface area contributed by atoms with Gasteiger partial charge in [-0.3, -0.25) is 4.79 Å². The Morgan fingerprint density at radius 3 is 2.68 bits per heavy atom. The van der Waals surface area contributed by atoms with Crippen LogP contribution >= 0.6 is 0 Å². The van der Waals surface area contributed by atoms with Gasteiger partial charge >= 0.3 is 0 Å². The normalized spacial score (nSPS) is 19.5. The number of amides is 1. The Kier molecular flexibility index (Phi) is 4.86. The van der Waals surface area contributed by atoms with Gasteiger partial charge in [0.1, 0.15) is 5.65 Å². The van der Waals surface area contributed by atoms with Crippen molar-refractivity contribution < 1.29 is 14.7 Å². The Balaban J connectivity index is 1.57. The van der Waals surface area contributed by atoms with Crippen molar-refractivity contribution in [2.75, 3.05) is 5.32 Å². The lowest BCUT2D eigenvalue weighted by molar-refractivity contribution is -0.313. The van der Waals surface area contributed by atoms with Crippen molar-refractivity contribution in [3.8, 4) is 11.3 Å². The first-order valence-corrected chi connectivity index (χ1v) is 9.59. The summed E-state index contributed by atoms with van der Waals surface area (Å²) < 4.78 is 1.97. The second-order valence-corrected chi connectivity index (χ2v) is 7.43. The summed E-state index contributed by atoms with van der Waals surface area (Å²) >= 11 is 0. The number of carbonyl (C=O) groups is 2. The third kappa shape index (κ3) is 3.50. The predicted molar refractivity (Wildman–Crippen MR) is 104 cm³/mol. The molecular weight excluding hydrogens is 354 g/mol. The minimum absolute atomic E-state index is 0.253. The predicted octanol–water partition coefficient (Wildman–Crippen LogP) is 2.80. The number of fused-ring (bicyclic) bond motifs is 1. The number of carboxylic acid groups (broad SMARTS) is 1. The maximum Gasteiger partial charge on any atom is 0.228 e. The van der Waals surface area contributed by atoms with Gasteiger partial charge in [-0.25, -0.2) is 4.98 Å². The van der Waals surface area contributed by atoms with Crippen LogP contribution in [-0.4, -0.2) is 21.3 Å².